The van der Waals surface area contributed by atoms with Gasteiger partial charge < -0.3 is 14.5 Å². The van der Waals surface area contributed by atoms with Crippen LogP contribution in [0.2, 0.25) is 0 Å². The van der Waals surface area contributed by atoms with Gasteiger partial charge in [0.25, 0.3) is 0 Å². The van der Waals surface area contributed by atoms with E-state index in [1.54, 1.807) is 0 Å². The Morgan fingerprint density at radius 1 is 0.960 bits per heavy atom. The summed E-state index contributed by atoms with van der Waals surface area (Å²) in [6.45, 7) is 8.81. The number of rotatable bonds is 3. The zero-order valence-corrected chi connectivity index (χ0v) is 15.0. The van der Waals surface area contributed by atoms with Crippen molar-refractivity contribution < 1.29 is 9.53 Å². The number of carbonyl (C=O) groups excluding carboxylic acids is 1. The van der Waals surface area contributed by atoms with Crippen LogP contribution in [0.5, 0.6) is 11.6 Å². The summed E-state index contributed by atoms with van der Waals surface area (Å²) in [5.74, 6) is 2.21. The van der Waals surface area contributed by atoms with Crippen molar-refractivity contribution >= 4 is 11.7 Å². The SMILES string of the molecule is CC(C)(C)C(=O)N1CCN(c2ccc(Oc3ccccc3)nn2)CC1. The van der Waals surface area contributed by atoms with E-state index in [0.29, 0.717) is 19.0 Å². The van der Waals surface area contributed by atoms with Crippen LogP contribution in [0.1, 0.15) is 20.8 Å². The van der Waals surface area contributed by atoms with Crippen LogP contribution in [-0.4, -0.2) is 47.2 Å². The fourth-order valence-electron chi connectivity index (χ4n) is 2.76. The van der Waals surface area contributed by atoms with E-state index in [1.165, 1.54) is 0 Å². The third-order valence-electron chi connectivity index (χ3n) is 4.12. The molecular weight excluding hydrogens is 316 g/mol. The summed E-state index contributed by atoms with van der Waals surface area (Å²) < 4.78 is 5.66. The summed E-state index contributed by atoms with van der Waals surface area (Å²) in [4.78, 5) is 16.4. The number of piperazine rings is 1. The van der Waals surface area contributed by atoms with Crippen LogP contribution in [0.4, 0.5) is 5.82 Å². The van der Waals surface area contributed by atoms with Crippen molar-refractivity contribution in [2.24, 2.45) is 5.41 Å². The van der Waals surface area contributed by atoms with Crippen LogP contribution in [0.25, 0.3) is 0 Å². The molecule has 0 aliphatic carbocycles. The number of aromatic nitrogens is 2. The zero-order chi connectivity index (χ0) is 17.9. The van der Waals surface area contributed by atoms with Gasteiger partial charge in [0, 0.05) is 37.7 Å². The van der Waals surface area contributed by atoms with E-state index < -0.39 is 0 Å². The highest BCUT2D eigenvalue weighted by Crippen LogP contribution is 2.22. The second-order valence-corrected chi connectivity index (χ2v) is 7.17. The Hall–Kier alpha value is -2.63. The molecule has 25 heavy (non-hydrogen) atoms. The molecule has 0 unspecified atom stereocenters. The van der Waals surface area contributed by atoms with E-state index in [0.717, 1.165) is 24.7 Å². The maximum Gasteiger partial charge on any atom is 0.238 e. The number of hydrogen-bond acceptors (Lipinski definition) is 5. The van der Waals surface area contributed by atoms with Gasteiger partial charge in [0.15, 0.2) is 5.82 Å². The number of carbonyl (C=O) groups is 1. The Morgan fingerprint density at radius 2 is 1.64 bits per heavy atom. The highest BCUT2D eigenvalue weighted by atomic mass is 16.5. The van der Waals surface area contributed by atoms with Crippen molar-refractivity contribution in [1.82, 2.24) is 15.1 Å². The third-order valence-corrected chi connectivity index (χ3v) is 4.12. The molecule has 0 radical (unpaired) electrons. The Morgan fingerprint density at radius 3 is 2.20 bits per heavy atom. The molecule has 6 nitrogen and oxygen atoms in total. The summed E-state index contributed by atoms with van der Waals surface area (Å²) in [7, 11) is 0. The maximum atomic E-state index is 12.3. The molecule has 0 saturated carbocycles. The Kier molecular flexibility index (Phi) is 4.88. The molecule has 1 saturated heterocycles. The summed E-state index contributed by atoms with van der Waals surface area (Å²) >= 11 is 0. The van der Waals surface area contributed by atoms with Crippen LogP contribution < -0.4 is 9.64 Å². The Balaban J connectivity index is 1.58. The van der Waals surface area contributed by atoms with Gasteiger partial charge in [-0.25, -0.2) is 0 Å². The highest BCUT2D eigenvalue weighted by molar-refractivity contribution is 5.81. The van der Waals surface area contributed by atoms with Gasteiger partial charge in [-0.1, -0.05) is 39.0 Å². The first-order valence-corrected chi connectivity index (χ1v) is 8.54. The van der Waals surface area contributed by atoms with E-state index in [1.807, 2.05) is 68.1 Å². The number of hydrogen-bond donors (Lipinski definition) is 0. The van der Waals surface area contributed by atoms with Crippen LogP contribution in [0.3, 0.4) is 0 Å². The van der Waals surface area contributed by atoms with Crippen LogP contribution in [0.15, 0.2) is 42.5 Å². The zero-order valence-electron chi connectivity index (χ0n) is 15.0. The predicted molar refractivity (Wildman–Crippen MR) is 96.8 cm³/mol. The van der Waals surface area contributed by atoms with Gasteiger partial charge in [-0.15, -0.1) is 10.2 Å². The number of benzene rings is 1. The monoisotopic (exact) mass is 340 g/mol. The van der Waals surface area contributed by atoms with E-state index in [4.69, 9.17) is 4.74 Å². The van der Waals surface area contributed by atoms with E-state index in [2.05, 4.69) is 15.1 Å². The number of amides is 1. The van der Waals surface area contributed by atoms with Crippen molar-refractivity contribution in [3.8, 4) is 11.6 Å². The molecule has 3 rings (SSSR count). The molecule has 0 bridgehead atoms. The molecule has 1 amide bonds. The molecule has 2 aromatic rings. The van der Waals surface area contributed by atoms with Crippen molar-refractivity contribution in [2.45, 2.75) is 20.8 Å². The molecule has 132 valence electrons. The molecule has 1 fully saturated rings. The quantitative estimate of drug-likeness (QED) is 0.860. The van der Waals surface area contributed by atoms with Crippen LogP contribution >= 0.6 is 0 Å². The van der Waals surface area contributed by atoms with Crippen molar-refractivity contribution in [3.05, 3.63) is 42.5 Å². The lowest BCUT2D eigenvalue weighted by molar-refractivity contribution is -0.139. The first-order valence-electron chi connectivity index (χ1n) is 8.54. The standard InChI is InChI=1S/C19H24N4O2/c1-19(2,3)18(24)23-13-11-22(12-14-23)16-9-10-17(21-20-16)25-15-7-5-4-6-8-15/h4-10H,11-14H2,1-3H3. The number of nitrogens with zero attached hydrogens (tertiary/aromatic N) is 4. The minimum absolute atomic E-state index is 0.199. The van der Waals surface area contributed by atoms with Crippen molar-refractivity contribution in [1.29, 1.82) is 0 Å². The molecular formula is C19H24N4O2. The number of anilines is 1. The summed E-state index contributed by atoms with van der Waals surface area (Å²) in [5.41, 5.74) is -0.335. The topological polar surface area (TPSA) is 58.6 Å². The largest absolute Gasteiger partial charge is 0.438 e. The number of ether oxygens (including phenoxy) is 1. The number of para-hydroxylation sites is 1. The molecule has 0 spiro atoms. The molecule has 1 aromatic heterocycles. The second kappa shape index (κ2) is 7.09. The van der Waals surface area contributed by atoms with Gasteiger partial charge in [0.05, 0.1) is 0 Å². The van der Waals surface area contributed by atoms with Gasteiger partial charge >= 0.3 is 0 Å². The fraction of sp³-hybridized carbons (Fsp3) is 0.421. The Labute approximate surface area is 148 Å². The molecule has 0 N–H and O–H groups in total. The van der Waals surface area contributed by atoms with Gasteiger partial charge in [0.2, 0.25) is 11.8 Å². The third kappa shape index (κ3) is 4.26. The molecule has 6 heteroatoms. The van der Waals surface area contributed by atoms with Gasteiger partial charge in [-0.3, -0.25) is 4.79 Å². The normalized spacial score (nSPS) is 15.2. The van der Waals surface area contributed by atoms with Crippen LogP contribution in [-0.2, 0) is 4.79 Å². The minimum Gasteiger partial charge on any atom is -0.438 e. The Bertz CT molecular complexity index is 702. The van der Waals surface area contributed by atoms with Crippen molar-refractivity contribution in [2.75, 3.05) is 31.1 Å². The van der Waals surface area contributed by atoms with Crippen molar-refractivity contribution in [3.63, 3.8) is 0 Å². The average Bonchev–Trinajstić information content (AvgIpc) is 2.62. The highest BCUT2D eigenvalue weighted by Gasteiger charge is 2.30. The first kappa shape index (κ1) is 17.2. The lowest BCUT2D eigenvalue weighted by Gasteiger charge is -2.37. The molecule has 1 aliphatic rings. The minimum atomic E-state index is -0.335. The predicted octanol–water partition coefficient (Wildman–Crippen LogP) is 2.96. The lowest BCUT2D eigenvalue weighted by atomic mass is 9.94. The molecule has 1 aromatic carbocycles. The van der Waals surface area contributed by atoms with Crippen LogP contribution in [0, 0.1) is 5.41 Å². The van der Waals surface area contributed by atoms with E-state index in [-0.39, 0.29) is 11.3 Å². The van der Waals surface area contributed by atoms with E-state index in [9.17, 15) is 4.79 Å². The van der Waals surface area contributed by atoms with Gasteiger partial charge in [-0.05, 0) is 18.2 Å². The molecule has 1 aliphatic heterocycles. The smallest absolute Gasteiger partial charge is 0.238 e. The summed E-state index contributed by atoms with van der Waals surface area (Å²) in [6, 6.07) is 13.2. The average molecular weight is 340 g/mol. The molecule has 0 atom stereocenters. The van der Waals surface area contributed by atoms with Gasteiger partial charge in [-0.2, -0.15) is 0 Å². The lowest BCUT2D eigenvalue weighted by Crippen LogP contribution is -2.51. The summed E-state index contributed by atoms with van der Waals surface area (Å²) in [6.07, 6.45) is 0. The maximum absolute atomic E-state index is 12.3. The summed E-state index contributed by atoms with van der Waals surface area (Å²) in [5, 5.41) is 8.41. The second-order valence-electron chi connectivity index (χ2n) is 7.17. The van der Waals surface area contributed by atoms with Gasteiger partial charge in [0.1, 0.15) is 5.75 Å². The molecule has 2 heterocycles. The van der Waals surface area contributed by atoms with E-state index >= 15 is 0 Å². The first-order chi connectivity index (χ1) is 11.9. The fourth-order valence-corrected chi connectivity index (χ4v) is 2.76.